The second kappa shape index (κ2) is 2.96. The first-order chi connectivity index (χ1) is 4.77. The molecule has 0 aliphatic heterocycles. The summed E-state index contributed by atoms with van der Waals surface area (Å²) in [5.74, 6) is 0.965. The highest BCUT2D eigenvalue weighted by Crippen LogP contribution is 1.92. The molecule has 0 aliphatic carbocycles. The number of rotatable bonds is 2. The summed E-state index contributed by atoms with van der Waals surface area (Å²) in [4.78, 5) is 4.12. The molecule has 1 rings (SSSR count). The molecule has 0 spiro atoms. The second-order valence-electron chi connectivity index (χ2n) is 2.05. The summed E-state index contributed by atoms with van der Waals surface area (Å²) in [5, 5.41) is 3.08. The van der Waals surface area contributed by atoms with Crippen LogP contribution in [0.15, 0.2) is 0 Å². The van der Waals surface area contributed by atoms with E-state index in [1.165, 1.54) is 0 Å². The summed E-state index contributed by atoms with van der Waals surface area (Å²) in [7, 11) is 0. The molecule has 0 aromatic carbocycles. The lowest BCUT2D eigenvalue weighted by atomic mass is 10.5. The van der Waals surface area contributed by atoms with Gasteiger partial charge in [-0.15, -0.1) is 0 Å². The van der Waals surface area contributed by atoms with Gasteiger partial charge in [-0.1, -0.05) is 6.92 Å². The van der Waals surface area contributed by atoms with Gasteiger partial charge in [0.05, 0.1) is 0 Å². The fourth-order valence-electron chi connectivity index (χ4n) is 0.777. The molecule has 4 heteroatoms. The maximum absolute atomic E-state index is 4.96. The maximum atomic E-state index is 4.96. The molecule has 10 heavy (non-hydrogen) atoms. The largest absolute Gasteiger partial charge is 0.283 e. The first-order valence-electron chi connectivity index (χ1n) is 3.43. The van der Waals surface area contributed by atoms with Crippen molar-refractivity contribution in [3.8, 4) is 0 Å². The number of H-pyrrole nitrogens is 1. The van der Waals surface area contributed by atoms with E-state index in [9.17, 15) is 0 Å². The fourth-order valence-corrected chi connectivity index (χ4v) is 1.06. The predicted molar refractivity (Wildman–Crippen MR) is 42.5 cm³/mol. The van der Waals surface area contributed by atoms with Crippen molar-refractivity contribution in [1.29, 1.82) is 0 Å². The summed E-state index contributed by atoms with van der Waals surface area (Å²) in [5.41, 5.74) is 0. The van der Waals surface area contributed by atoms with Gasteiger partial charge < -0.3 is 0 Å². The van der Waals surface area contributed by atoms with Crippen molar-refractivity contribution in [2.24, 2.45) is 0 Å². The summed E-state index contributed by atoms with van der Waals surface area (Å²) in [6.45, 7) is 4.95. The van der Waals surface area contributed by atoms with Gasteiger partial charge in [-0.25, -0.2) is 4.98 Å². The Morgan fingerprint density at radius 1 is 1.60 bits per heavy atom. The lowest BCUT2D eigenvalue weighted by Gasteiger charge is -1.91. The second-order valence-corrected chi connectivity index (χ2v) is 2.42. The van der Waals surface area contributed by atoms with Crippen molar-refractivity contribution in [2.45, 2.75) is 26.8 Å². The molecule has 1 N–H and O–H groups in total. The zero-order valence-corrected chi connectivity index (χ0v) is 7.03. The molecule has 0 fully saturated rings. The molecular weight excluding hydrogens is 146 g/mol. The number of hydrogen-bond donors (Lipinski definition) is 1. The van der Waals surface area contributed by atoms with Crippen LogP contribution in [0.4, 0.5) is 0 Å². The maximum Gasteiger partial charge on any atom is 0.216 e. The Kier molecular flexibility index (Phi) is 2.21. The quantitative estimate of drug-likeness (QED) is 0.660. The van der Waals surface area contributed by atoms with Crippen molar-refractivity contribution in [2.75, 3.05) is 0 Å². The minimum Gasteiger partial charge on any atom is -0.283 e. The van der Waals surface area contributed by atoms with Gasteiger partial charge in [0.1, 0.15) is 5.82 Å². The summed E-state index contributed by atoms with van der Waals surface area (Å²) in [6, 6.07) is 0. The zero-order chi connectivity index (χ0) is 7.56. The molecule has 0 saturated carbocycles. The minimum atomic E-state index is 0.652. The van der Waals surface area contributed by atoms with E-state index in [1.807, 2.05) is 18.5 Å². The lowest BCUT2D eigenvalue weighted by molar-refractivity contribution is 0.640. The van der Waals surface area contributed by atoms with E-state index in [2.05, 4.69) is 10.1 Å². The van der Waals surface area contributed by atoms with Gasteiger partial charge in [0, 0.05) is 13.0 Å². The van der Waals surface area contributed by atoms with E-state index >= 15 is 0 Å². The SMILES string of the molecule is CCc1nc(=S)n(CC)[nH]1. The van der Waals surface area contributed by atoms with Crippen molar-refractivity contribution in [1.82, 2.24) is 14.8 Å². The Morgan fingerprint density at radius 3 is 2.60 bits per heavy atom. The zero-order valence-electron chi connectivity index (χ0n) is 6.22. The number of hydrogen-bond acceptors (Lipinski definition) is 2. The van der Waals surface area contributed by atoms with Crippen LogP contribution in [0, 0.1) is 4.77 Å². The normalized spacial score (nSPS) is 10.2. The number of aryl methyl sites for hydroxylation is 2. The fraction of sp³-hybridized carbons (Fsp3) is 0.667. The Hall–Kier alpha value is -0.640. The smallest absolute Gasteiger partial charge is 0.216 e. The highest BCUT2D eigenvalue weighted by atomic mass is 32.1. The first kappa shape index (κ1) is 7.47. The molecule has 0 bridgehead atoms. The Morgan fingerprint density at radius 2 is 2.30 bits per heavy atom. The lowest BCUT2D eigenvalue weighted by Crippen LogP contribution is -1.96. The van der Waals surface area contributed by atoms with Crippen LogP contribution in [-0.2, 0) is 13.0 Å². The molecule has 1 aromatic rings. The topological polar surface area (TPSA) is 33.6 Å². The van der Waals surface area contributed by atoms with Crippen molar-refractivity contribution in [3.63, 3.8) is 0 Å². The third kappa shape index (κ3) is 1.26. The third-order valence-electron chi connectivity index (χ3n) is 1.38. The van der Waals surface area contributed by atoms with Gasteiger partial charge in [0.25, 0.3) is 0 Å². The number of nitrogens with zero attached hydrogens (tertiary/aromatic N) is 2. The molecule has 0 atom stereocenters. The van der Waals surface area contributed by atoms with Crippen LogP contribution >= 0.6 is 12.2 Å². The van der Waals surface area contributed by atoms with Crippen LogP contribution in [-0.4, -0.2) is 14.8 Å². The van der Waals surface area contributed by atoms with E-state index < -0.39 is 0 Å². The molecule has 1 aromatic heterocycles. The molecule has 3 nitrogen and oxygen atoms in total. The van der Waals surface area contributed by atoms with Crippen LogP contribution in [0.5, 0.6) is 0 Å². The van der Waals surface area contributed by atoms with Gasteiger partial charge in [0.2, 0.25) is 4.77 Å². The molecule has 1 heterocycles. The van der Waals surface area contributed by atoms with Crippen LogP contribution in [0.2, 0.25) is 0 Å². The molecular formula is C6H11N3S. The molecule has 0 saturated heterocycles. The molecule has 56 valence electrons. The number of aromatic amines is 1. The van der Waals surface area contributed by atoms with Crippen LogP contribution in [0.25, 0.3) is 0 Å². The summed E-state index contributed by atoms with van der Waals surface area (Å²) in [6.07, 6.45) is 0.913. The molecule has 0 amide bonds. The van der Waals surface area contributed by atoms with Gasteiger partial charge in [-0.3, -0.25) is 9.78 Å². The monoisotopic (exact) mass is 157 g/mol. The average Bonchev–Trinajstić information content (AvgIpc) is 2.30. The third-order valence-corrected chi connectivity index (χ3v) is 1.69. The van der Waals surface area contributed by atoms with E-state index in [0.29, 0.717) is 4.77 Å². The highest BCUT2D eigenvalue weighted by molar-refractivity contribution is 7.71. The van der Waals surface area contributed by atoms with Crippen molar-refractivity contribution in [3.05, 3.63) is 10.6 Å². The Labute approximate surface area is 65.1 Å². The van der Waals surface area contributed by atoms with E-state index in [1.54, 1.807) is 0 Å². The summed E-state index contributed by atoms with van der Waals surface area (Å²) < 4.78 is 2.51. The molecule has 0 aliphatic rings. The van der Waals surface area contributed by atoms with Crippen molar-refractivity contribution >= 4 is 12.2 Å². The van der Waals surface area contributed by atoms with Gasteiger partial charge in [-0.2, -0.15) is 0 Å². The van der Waals surface area contributed by atoms with E-state index in [4.69, 9.17) is 12.2 Å². The van der Waals surface area contributed by atoms with Gasteiger partial charge in [0.15, 0.2) is 0 Å². The van der Waals surface area contributed by atoms with E-state index in [-0.39, 0.29) is 0 Å². The first-order valence-corrected chi connectivity index (χ1v) is 3.84. The van der Waals surface area contributed by atoms with Crippen LogP contribution < -0.4 is 0 Å². The molecule has 0 unspecified atom stereocenters. The van der Waals surface area contributed by atoms with Crippen LogP contribution in [0.1, 0.15) is 19.7 Å². The minimum absolute atomic E-state index is 0.652. The van der Waals surface area contributed by atoms with Crippen LogP contribution in [0.3, 0.4) is 0 Å². The summed E-state index contributed by atoms with van der Waals surface area (Å²) >= 11 is 4.96. The Bertz CT molecular complexity index is 260. The number of nitrogens with one attached hydrogen (secondary N) is 1. The predicted octanol–water partition coefficient (Wildman–Crippen LogP) is 1.52. The Balaban J connectivity index is 3.04. The van der Waals surface area contributed by atoms with E-state index in [0.717, 1.165) is 18.8 Å². The molecule has 0 radical (unpaired) electrons. The highest BCUT2D eigenvalue weighted by Gasteiger charge is 1.95. The van der Waals surface area contributed by atoms with Gasteiger partial charge in [-0.05, 0) is 19.1 Å². The van der Waals surface area contributed by atoms with Crippen molar-refractivity contribution < 1.29 is 0 Å². The van der Waals surface area contributed by atoms with Gasteiger partial charge >= 0.3 is 0 Å². The standard InChI is InChI=1S/C6H11N3S/c1-3-5-7-6(10)9(4-2)8-5/h3-4H2,1-2H3,(H,7,8,10). The average molecular weight is 157 g/mol. The number of aromatic nitrogens is 3.